The maximum absolute atomic E-state index is 13.0. The van der Waals surface area contributed by atoms with Crippen LogP contribution >= 0.6 is 0 Å². The number of aryl methyl sites for hydroxylation is 3. The zero-order valence-electron chi connectivity index (χ0n) is 14.7. The standard InChI is InChI=1S/C20H23FN2O/c1-5-10-23-15(4)14(3)18-11-13(2)22-20(19(18)23)24-12-16-6-8-17(21)9-7-16/h6-9,11H,5,10,12H2,1-4H3. The van der Waals surface area contributed by atoms with E-state index < -0.39 is 0 Å². The average molecular weight is 326 g/mol. The third-order valence-electron chi connectivity index (χ3n) is 4.45. The van der Waals surface area contributed by atoms with E-state index in [1.54, 1.807) is 12.1 Å². The summed E-state index contributed by atoms with van der Waals surface area (Å²) in [5.41, 5.74) is 5.45. The fourth-order valence-corrected chi connectivity index (χ4v) is 3.09. The van der Waals surface area contributed by atoms with Crippen LogP contribution in [0.25, 0.3) is 10.9 Å². The Bertz CT molecular complexity index is 866. The molecule has 3 rings (SSSR count). The third-order valence-corrected chi connectivity index (χ3v) is 4.45. The lowest BCUT2D eigenvalue weighted by molar-refractivity contribution is 0.295. The van der Waals surface area contributed by atoms with Gasteiger partial charge in [-0.2, -0.15) is 0 Å². The Hall–Kier alpha value is -2.36. The molecule has 0 amide bonds. The van der Waals surface area contributed by atoms with E-state index in [1.165, 1.54) is 28.8 Å². The molecule has 0 unspecified atom stereocenters. The number of aromatic nitrogens is 2. The van der Waals surface area contributed by atoms with Crippen molar-refractivity contribution in [3.63, 3.8) is 0 Å². The Morgan fingerprint density at radius 1 is 1.12 bits per heavy atom. The van der Waals surface area contributed by atoms with Crippen molar-refractivity contribution in [2.24, 2.45) is 0 Å². The fourth-order valence-electron chi connectivity index (χ4n) is 3.09. The topological polar surface area (TPSA) is 27.1 Å². The molecule has 3 nitrogen and oxygen atoms in total. The highest BCUT2D eigenvalue weighted by Gasteiger charge is 2.17. The van der Waals surface area contributed by atoms with E-state index in [9.17, 15) is 4.39 Å². The first-order chi connectivity index (χ1) is 11.5. The lowest BCUT2D eigenvalue weighted by Crippen LogP contribution is -2.04. The van der Waals surface area contributed by atoms with Crippen molar-refractivity contribution in [2.45, 2.75) is 47.3 Å². The molecule has 0 bridgehead atoms. The maximum Gasteiger partial charge on any atom is 0.239 e. The summed E-state index contributed by atoms with van der Waals surface area (Å²) < 4.78 is 21.4. The minimum Gasteiger partial charge on any atom is -0.471 e. The van der Waals surface area contributed by atoms with Gasteiger partial charge in [0.15, 0.2) is 0 Å². The number of hydrogen-bond donors (Lipinski definition) is 0. The van der Waals surface area contributed by atoms with E-state index in [2.05, 4.69) is 36.4 Å². The minimum absolute atomic E-state index is 0.238. The van der Waals surface area contributed by atoms with E-state index in [0.717, 1.165) is 29.7 Å². The smallest absolute Gasteiger partial charge is 0.239 e. The van der Waals surface area contributed by atoms with Crippen LogP contribution in [0.3, 0.4) is 0 Å². The molecule has 3 aromatic rings. The van der Waals surface area contributed by atoms with Gasteiger partial charge in [-0.25, -0.2) is 9.37 Å². The molecule has 0 saturated heterocycles. The normalized spacial score (nSPS) is 11.2. The Labute approximate surface area is 142 Å². The lowest BCUT2D eigenvalue weighted by atomic mass is 10.1. The Morgan fingerprint density at radius 3 is 2.50 bits per heavy atom. The Morgan fingerprint density at radius 2 is 1.83 bits per heavy atom. The van der Waals surface area contributed by atoms with Crippen molar-refractivity contribution < 1.29 is 9.13 Å². The zero-order chi connectivity index (χ0) is 17.3. The molecule has 4 heteroatoms. The van der Waals surface area contributed by atoms with Gasteiger partial charge < -0.3 is 9.30 Å². The predicted molar refractivity (Wildman–Crippen MR) is 95.0 cm³/mol. The van der Waals surface area contributed by atoms with Gasteiger partial charge in [0.1, 0.15) is 17.9 Å². The average Bonchev–Trinajstić information content (AvgIpc) is 2.80. The van der Waals surface area contributed by atoms with Gasteiger partial charge in [-0.05, 0) is 56.5 Å². The number of halogens is 1. The van der Waals surface area contributed by atoms with E-state index in [4.69, 9.17) is 4.74 Å². The number of hydrogen-bond acceptors (Lipinski definition) is 2. The molecule has 0 aliphatic carbocycles. The highest BCUT2D eigenvalue weighted by molar-refractivity contribution is 5.89. The number of rotatable bonds is 5. The SMILES string of the molecule is CCCn1c(C)c(C)c2cc(C)nc(OCc3ccc(F)cc3)c21. The number of pyridine rings is 1. The molecule has 0 N–H and O–H groups in total. The van der Waals surface area contributed by atoms with Crippen LogP contribution in [0.4, 0.5) is 4.39 Å². The number of fused-ring (bicyclic) bond motifs is 1. The molecule has 0 saturated carbocycles. The summed E-state index contributed by atoms with van der Waals surface area (Å²) in [6, 6.07) is 8.50. The quantitative estimate of drug-likeness (QED) is 0.653. The monoisotopic (exact) mass is 326 g/mol. The van der Waals surface area contributed by atoms with Crippen molar-refractivity contribution >= 4 is 10.9 Å². The van der Waals surface area contributed by atoms with Crippen LogP contribution in [0.15, 0.2) is 30.3 Å². The number of nitrogens with zero attached hydrogens (tertiary/aromatic N) is 2. The van der Waals surface area contributed by atoms with E-state index in [0.29, 0.717) is 12.5 Å². The van der Waals surface area contributed by atoms with Crippen molar-refractivity contribution in [3.8, 4) is 5.88 Å². The minimum atomic E-state index is -0.238. The van der Waals surface area contributed by atoms with Crippen LogP contribution in [0, 0.1) is 26.6 Å². The van der Waals surface area contributed by atoms with Crippen molar-refractivity contribution in [2.75, 3.05) is 0 Å². The van der Waals surface area contributed by atoms with Crippen molar-refractivity contribution in [1.82, 2.24) is 9.55 Å². The lowest BCUT2D eigenvalue weighted by Gasteiger charge is -2.12. The van der Waals surface area contributed by atoms with Gasteiger partial charge >= 0.3 is 0 Å². The van der Waals surface area contributed by atoms with Gasteiger partial charge in [0.25, 0.3) is 0 Å². The summed E-state index contributed by atoms with van der Waals surface area (Å²) in [4.78, 5) is 4.61. The molecule has 24 heavy (non-hydrogen) atoms. The van der Waals surface area contributed by atoms with E-state index >= 15 is 0 Å². The predicted octanol–water partition coefficient (Wildman–Crippen LogP) is 5.09. The number of benzene rings is 1. The molecule has 0 aliphatic rings. The highest BCUT2D eigenvalue weighted by atomic mass is 19.1. The second-order valence-corrected chi connectivity index (χ2v) is 6.24. The van der Waals surface area contributed by atoms with Crippen molar-refractivity contribution in [1.29, 1.82) is 0 Å². The molecular formula is C20H23FN2O. The molecular weight excluding hydrogens is 303 g/mol. The molecule has 0 radical (unpaired) electrons. The summed E-state index contributed by atoms with van der Waals surface area (Å²) in [6.07, 6.45) is 1.05. The molecule has 126 valence electrons. The molecule has 0 fully saturated rings. The molecule has 1 aromatic carbocycles. The van der Waals surface area contributed by atoms with Gasteiger partial charge in [-0.3, -0.25) is 0 Å². The maximum atomic E-state index is 13.0. The van der Waals surface area contributed by atoms with Gasteiger partial charge in [-0.1, -0.05) is 19.1 Å². The summed E-state index contributed by atoms with van der Waals surface area (Å²) in [5, 5.41) is 1.20. The first-order valence-corrected chi connectivity index (χ1v) is 8.35. The largest absolute Gasteiger partial charge is 0.471 e. The summed E-state index contributed by atoms with van der Waals surface area (Å²) in [7, 11) is 0. The Balaban J connectivity index is 2.02. The zero-order valence-corrected chi connectivity index (χ0v) is 14.7. The summed E-state index contributed by atoms with van der Waals surface area (Å²) in [6.45, 7) is 9.75. The van der Waals surface area contributed by atoms with E-state index in [1.807, 2.05) is 6.92 Å². The fraction of sp³-hybridized carbons (Fsp3) is 0.350. The molecule has 0 spiro atoms. The van der Waals surface area contributed by atoms with Gasteiger partial charge in [-0.15, -0.1) is 0 Å². The van der Waals surface area contributed by atoms with E-state index in [-0.39, 0.29) is 5.82 Å². The van der Waals surface area contributed by atoms with Crippen LogP contribution in [0.5, 0.6) is 5.88 Å². The van der Waals surface area contributed by atoms with Crippen LogP contribution < -0.4 is 4.74 Å². The van der Waals surface area contributed by atoms with Gasteiger partial charge in [0.2, 0.25) is 5.88 Å². The molecule has 0 atom stereocenters. The first kappa shape index (κ1) is 16.5. The second kappa shape index (κ2) is 6.63. The van der Waals surface area contributed by atoms with Crippen LogP contribution in [-0.4, -0.2) is 9.55 Å². The van der Waals surface area contributed by atoms with Crippen LogP contribution in [0.2, 0.25) is 0 Å². The molecule has 2 heterocycles. The molecule has 2 aromatic heterocycles. The van der Waals surface area contributed by atoms with Crippen LogP contribution in [-0.2, 0) is 13.2 Å². The summed E-state index contributed by atoms with van der Waals surface area (Å²) >= 11 is 0. The van der Waals surface area contributed by atoms with Crippen molar-refractivity contribution in [3.05, 3.63) is 58.7 Å². The van der Waals surface area contributed by atoms with Gasteiger partial charge in [0, 0.05) is 23.3 Å². The Kier molecular flexibility index (Phi) is 4.56. The number of ether oxygens (including phenoxy) is 1. The molecule has 0 aliphatic heterocycles. The van der Waals surface area contributed by atoms with Gasteiger partial charge in [0.05, 0.1) is 0 Å². The second-order valence-electron chi connectivity index (χ2n) is 6.24. The van der Waals surface area contributed by atoms with Crippen LogP contribution in [0.1, 0.15) is 35.9 Å². The summed E-state index contributed by atoms with van der Waals surface area (Å²) in [5.74, 6) is 0.414. The third kappa shape index (κ3) is 3.01. The highest BCUT2D eigenvalue weighted by Crippen LogP contribution is 2.32. The first-order valence-electron chi connectivity index (χ1n) is 8.35.